The molecule has 2 heterocycles. The number of Topliss-reactive ketones (excluding diaryl/α,β-unsaturated/α-hetero) is 2. The summed E-state index contributed by atoms with van der Waals surface area (Å²) in [4.78, 5) is 156. The number of unbranched alkanes of at least 4 members (excludes halogenated alkanes) is 1. The number of piperidine rings is 1. The van der Waals surface area contributed by atoms with Gasteiger partial charge in [-0.25, -0.2) is 10.0 Å². The van der Waals surface area contributed by atoms with E-state index in [0.717, 1.165) is 56.4 Å². The molecular formula is C66H95N9O16S. The second kappa shape index (κ2) is 39.7. The van der Waals surface area contributed by atoms with Crippen molar-refractivity contribution in [2.24, 2.45) is 17.3 Å². The van der Waals surface area contributed by atoms with Crippen molar-refractivity contribution in [3.8, 4) is 24.2 Å². The summed E-state index contributed by atoms with van der Waals surface area (Å²) in [6, 6.07) is 2.41. The van der Waals surface area contributed by atoms with E-state index in [9.17, 15) is 63.0 Å². The number of nitrogens with one attached hydrogen (secondary N) is 6. The number of carboxylic acid groups (broad SMARTS) is 1. The molecule has 8 N–H and O–H groups in total. The number of rotatable bonds is 39. The number of ketones is 2. The van der Waals surface area contributed by atoms with Crippen LogP contribution in [0.3, 0.4) is 0 Å². The van der Waals surface area contributed by atoms with Gasteiger partial charge in [-0.05, 0) is 108 Å². The van der Waals surface area contributed by atoms with Crippen molar-refractivity contribution >= 4 is 81.9 Å². The molecule has 2 aromatic rings. The first-order valence-corrected chi connectivity index (χ1v) is 32.7. The van der Waals surface area contributed by atoms with Crippen molar-refractivity contribution in [2.45, 2.75) is 206 Å². The van der Waals surface area contributed by atoms with Gasteiger partial charge in [-0.15, -0.1) is 29.6 Å². The van der Waals surface area contributed by atoms with Gasteiger partial charge in [0.2, 0.25) is 29.5 Å². The lowest BCUT2D eigenvalue weighted by atomic mass is 9.84. The number of aliphatic carboxylic acids is 1. The largest absolute Gasteiger partial charge is 0.481 e. The molecular weight excluding hydrogens is 1210 g/mol. The standard InChI is InChI=1S/C66H95N9O16S/c1-10-12-20-33-90-75(64(86)59(43(5)11-2)73-62(85)53-23-18-19-32-74(53)9)54(42(3)4)35-55(91-44(6)77)63-72-52(41-92-63)61(84)70-47(36-66(7,8)65(87)88)34-45-24-26-46(27-25-45)69-57(81)31-29-48(78)37-67-56(80)30-28-49(79)38-68-60(83)51(39-76)71-58(82)40-89-50-21-16-14-13-15-17-22-50/h1,24-27,41-43,47,50-51,53-55,59,76H,11-16,18-21,23,28-40H2,2-9H3,(H,67,80)(H,68,83)(H,69,81)(H,70,84)(H,71,82)(H,73,85)(H,87,88)/t43-,47-,50?,51-,53+,54+,55+,59-/m0/s1. The number of hydroxylamine groups is 2. The van der Waals surface area contributed by atoms with Crippen LogP contribution in [0.4, 0.5) is 5.69 Å². The maximum atomic E-state index is 14.9. The highest BCUT2D eigenvalue weighted by Crippen LogP contribution is 2.33. The number of thiazole rings is 1. The molecule has 26 heteroatoms. The normalized spacial score (nSPS) is 17.0. The maximum Gasteiger partial charge on any atom is 0.309 e. The molecule has 1 aromatic carbocycles. The van der Waals surface area contributed by atoms with E-state index >= 15 is 0 Å². The van der Waals surface area contributed by atoms with Crippen LogP contribution in [0.1, 0.15) is 185 Å². The summed E-state index contributed by atoms with van der Waals surface area (Å²) >= 11 is 1.06. The number of carboxylic acids is 1. The molecule has 1 aliphatic carbocycles. The summed E-state index contributed by atoms with van der Waals surface area (Å²) in [5, 5.41) is 38.7. The number of benzene rings is 1. The van der Waals surface area contributed by atoms with Gasteiger partial charge < -0.3 is 51.6 Å². The Kier molecular flexibility index (Phi) is 33.2. The van der Waals surface area contributed by atoms with E-state index in [1.54, 1.807) is 24.3 Å². The van der Waals surface area contributed by atoms with Gasteiger partial charge in [-0.3, -0.25) is 62.5 Å². The van der Waals surface area contributed by atoms with Crippen LogP contribution in [-0.2, 0) is 68.7 Å². The van der Waals surface area contributed by atoms with Crippen molar-refractivity contribution in [3.63, 3.8) is 0 Å². The minimum Gasteiger partial charge on any atom is -0.481 e. The first-order chi connectivity index (χ1) is 43.7. The summed E-state index contributed by atoms with van der Waals surface area (Å²) in [7, 11) is 1.89. The number of likely N-dealkylation sites (tertiary alicyclic amines) is 1. The molecule has 1 fully saturated rings. The number of carbonyl (C=O) groups excluding carboxylic acids is 10. The number of amides is 7. The predicted molar refractivity (Wildman–Crippen MR) is 343 cm³/mol. The lowest BCUT2D eigenvalue weighted by molar-refractivity contribution is -0.213. The lowest BCUT2D eigenvalue weighted by Crippen LogP contribution is -2.58. The molecule has 1 aromatic heterocycles. The number of hydrogen-bond acceptors (Lipinski definition) is 18. The van der Waals surface area contributed by atoms with Crippen molar-refractivity contribution in [2.75, 3.05) is 51.8 Å². The van der Waals surface area contributed by atoms with E-state index in [2.05, 4.69) is 54.6 Å². The Morgan fingerprint density at radius 2 is 1.57 bits per heavy atom. The average molecular weight is 1300 g/mol. The van der Waals surface area contributed by atoms with Crippen molar-refractivity contribution < 1.29 is 77.3 Å². The van der Waals surface area contributed by atoms with Crippen molar-refractivity contribution in [1.82, 2.24) is 41.5 Å². The number of terminal acetylenes is 1. The second-order valence-electron chi connectivity index (χ2n) is 24.5. The number of likely N-dealkylation sites (N-methyl/N-ethyl adjacent to an activating group) is 1. The molecule has 1 aliphatic heterocycles. The number of ether oxygens (including phenoxy) is 2. The molecule has 0 bridgehead atoms. The van der Waals surface area contributed by atoms with Crippen molar-refractivity contribution in [3.05, 3.63) is 45.9 Å². The Morgan fingerprint density at radius 1 is 0.880 bits per heavy atom. The van der Waals surface area contributed by atoms with Crippen LogP contribution in [-0.4, -0.2) is 173 Å². The zero-order valence-corrected chi connectivity index (χ0v) is 55.3. The smallest absolute Gasteiger partial charge is 0.309 e. The molecule has 92 heavy (non-hydrogen) atoms. The zero-order chi connectivity index (χ0) is 67.9. The number of esters is 1. The van der Waals surface area contributed by atoms with Crippen LogP contribution in [0.5, 0.6) is 0 Å². The van der Waals surface area contributed by atoms with E-state index in [0.29, 0.717) is 43.4 Å². The molecule has 4 rings (SSSR count). The highest BCUT2D eigenvalue weighted by atomic mass is 32.1. The number of aliphatic hydroxyl groups is 1. The third kappa shape index (κ3) is 26.9. The Hall–Kier alpha value is -7.62. The summed E-state index contributed by atoms with van der Waals surface area (Å²) in [5.74, 6) is 1.35. The lowest BCUT2D eigenvalue weighted by Gasteiger charge is -2.39. The number of nitrogens with zero attached hydrogens (tertiary/aromatic N) is 3. The van der Waals surface area contributed by atoms with Crippen molar-refractivity contribution in [1.29, 1.82) is 0 Å². The van der Waals surface area contributed by atoms with Gasteiger partial charge in [0, 0.05) is 69.0 Å². The fourth-order valence-corrected chi connectivity index (χ4v) is 11.1. The van der Waals surface area contributed by atoms with Gasteiger partial charge in [-0.1, -0.05) is 65.0 Å². The molecule has 0 spiro atoms. The molecule has 1 unspecified atom stereocenters. The van der Waals surface area contributed by atoms with Gasteiger partial charge in [0.25, 0.3) is 11.8 Å². The zero-order valence-electron chi connectivity index (χ0n) is 54.5. The first kappa shape index (κ1) is 76.8. The molecule has 8 atom stereocenters. The fraction of sp³-hybridized carbons (Fsp3) is 0.636. The molecule has 0 saturated carbocycles. The van der Waals surface area contributed by atoms with Gasteiger partial charge in [0.05, 0.1) is 43.8 Å². The monoisotopic (exact) mass is 1300 g/mol. The number of anilines is 1. The topological polar surface area (TPSA) is 347 Å². The SMILES string of the molecule is C#CCCCON(C(=O)[C@@H](NC(=O)[C@H]1CCCCN1C)[C@@H](C)CC)[C@H](C[C@@H](OC(C)=O)c1nc(C(=O)N[C@@H](Cc2ccc(NC(=O)CCC(=O)CNC(=O)CCC(=O)CNC(=O)[C@H](CO)NC(=O)COC3C#CCCCCC3)cc2)CC(C)(C)C(=O)O)cs1)C(C)C. The fourth-order valence-electron chi connectivity index (χ4n) is 10.3. The number of hydrogen-bond donors (Lipinski definition) is 8. The Balaban J connectivity index is 1.32. The third-order valence-electron chi connectivity index (χ3n) is 16.0. The minimum absolute atomic E-state index is 0.00255. The Morgan fingerprint density at radius 3 is 2.21 bits per heavy atom. The van der Waals surface area contributed by atoms with Crippen LogP contribution in [0.2, 0.25) is 0 Å². The maximum absolute atomic E-state index is 14.9. The van der Waals surface area contributed by atoms with Crippen LogP contribution in [0.15, 0.2) is 29.6 Å². The van der Waals surface area contributed by atoms with E-state index in [1.165, 1.54) is 31.2 Å². The van der Waals surface area contributed by atoms with Crippen LogP contribution >= 0.6 is 11.3 Å². The molecule has 1 saturated heterocycles. The highest BCUT2D eigenvalue weighted by Gasteiger charge is 2.40. The predicted octanol–water partition coefficient (Wildman–Crippen LogP) is 4.89. The molecule has 2 aliphatic rings. The summed E-state index contributed by atoms with van der Waals surface area (Å²) in [5.41, 5.74) is -0.272. The molecule has 7 amide bonds. The average Bonchev–Trinajstić information content (AvgIpc) is 1.27. The first-order valence-electron chi connectivity index (χ1n) is 31.8. The van der Waals surface area contributed by atoms with Gasteiger partial charge in [-0.2, -0.15) is 0 Å². The van der Waals surface area contributed by atoms with Crippen LogP contribution < -0.4 is 31.9 Å². The van der Waals surface area contributed by atoms with E-state index < -0.39 is 126 Å². The van der Waals surface area contributed by atoms with E-state index in [-0.39, 0.29) is 86.6 Å². The van der Waals surface area contributed by atoms with Crippen LogP contribution in [0.25, 0.3) is 0 Å². The Labute approximate surface area is 544 Å². The second-order valence-corrected chi connectivity index (χ2v) is 25.4. The summed E-state index contributed by atoms with van der Waals surface area (Å²) in [6.45, 7) is 10.8. The minimum atomic E-state index is -1.34. The quantitative estimate of drug-likeness (QED) is 0.0191. The molecule has 25 nitrogen and oxygen atoms in total. The van der Waals surface area contributed by atoms with Gasteiger partial charge in [0.1, 0.15) is 35.5 Å². The number of aliphatic hydroxyl groups excluding tert-OH is 1. The Bertz CT molecular complexity index is 2930. The molecule has 0 radical (unpaired) electrons. The summed E-state index contributed by atoms with van der Waals surface area (Å²) in [6.07, 6.45) is 11.5. The highest BCUT2D eigenvalue weighted by molar-refractivity contribution is 7.09. The number of carbonyl (C=O) groups is 11. The third-order valence-corrected chi connectivity index (χ3v) is 16.9. The van der Waals surface area contributed by atoms with Gasteiger partial charge >= 0.3 is 11.9 Å². The number of aromatic nitrogens is 1. The summed E-state index contributed by atoms with van der Waals surface area (Å²) < 4.78 is 11.4. The van der Waals surface area contributed by atoms with Gasteiger partial charge in [0.15, 0.2) is 17.7 Å². The van der Waals surface area contributed by atoms with E-state index in [4.69, 9.17) is 20.7 Å². The molecule has 506 valence electrons. The van der Waals surface area contributed by atoms with E-state index in [1.807, 2.05) is 39.6 Å². The van der Waals surface area contributed by atoms with Crippen LogP contribution in [0, 0.1) is 41.4 Å².